The van der Waals surface area contributed by atoms with Gasteiger partial charge in [0, 0.05) is 11.1 Å². The van der Waals surface area contributed by atoms with Crippen molar-refractivity contribution in [1.29, 1.82) is 0 Å². The third-order valence-electron chi connectivity index (χ3n) is 5.26. The number of ether oxygens (including phenoxy) is 3. The second-order valence-corrected chi connectivity index (χ2v) is 7.04. The molecule has 0 fully saturated rings. The maximum Gasteiger partial charge on any atom is 0.150 e. The predicted molar refractivity (Wildman–Crippen MR) is 113 cm³/mol. The van der Waals surface area contributed by atoms with Crippen molar-refractivity contribution in [1.82, 2.24) is 0 Å². The molecule has 142 valence electrons. The summed E-state index contributed by atoms with van der Waals surface area (Å²) >= 11 is 0. The van der Waals surface area contributed by atoms with Crippen LogP contribution in [0.15, 0.2) is 66.7 Å². The molecule has 0 saturated heterocycles. The van der Waals surface area contributed by atoms with Crippen molar-refractivity contribution in [3.05, 3.63) is 89.0 Å². The van der Waals surface area contributed by atoms with Crippen molar-refractivity contribution in [2.75, 3.05) is 14.2 Å². The van der Waals surface area contributed by atoms with E-state index in [0.29, 0.717) is 0 Å². The van der Waals surface area contributed by atoms with Crippen LogP contribution in [0.4, 0.5) is 0 Å². The lowest BCUT2D eigenvalue weighted by Crippen LogP contribution is -2.16. The highest BCUT2D eigenvalue weighted by molar-refractivity contribution is 5.95. The molecule has 0 spiro atoms. The van der Waals surface area contributed by atoms with Gasteiger partial charge in [0.25, 0.3) is 0 Å². The highest BCUT2D eigenvalue weighted by Gasteiger charge is 2.29. The molecule has 28 heavy (non-hydrogen) atoms. The number of benzene rings is 3. The highest BCUT2D eigenvalue weighted by atomic mass is 16.5. The van der Waals surface area contributed by atoms with E-state index in [1.54, 1.807) is 14.2 Å². The zero-order chi connectivity index (χ0) is 19.7. The van der Waals surface area contributed by atoms with Gasteiger partial charge in [-0.1, -0.05) is 42.0 Å². The minimum atomic E-state index is -0.186. The topological polar surface area (TPSA) is 27.7 Å². The fourth-order valence-electron chi connectivity index (χ4n) is 3.69. The smallest absolute Gasteiger partial charge is 0.150 e. The monoisotopic (exact) mass is 372 g/mol. The first-order valence-electron chi connectivity index (χ1n) is 9.37. The van der Waals surface area contributed by atoms with Crippen molar-refractivity contribution >= 4 is 11.1 Å². The van der Waals surface area contributed by atoms with E-state index in [0.717, 1.165) is 39.5 Å². The van der Waals surface area contributed by atoms with Gasteiger partial charge >= 0.3 is 0 Å². The summed E-state index contributed by atoms with van der Waals surface area (Å²) < 4.78 is 17.4. The van der Waals surface area contributed by atoms with E-state index in [4.69, 9.17) is 14.2 Å². The lowest BCUT2D eigenvalue weighted by molar-refractivity contribution is 0.259. The Hall–Kier alpha value is -3.20. The Kier molecular flexibility index (Phi) is 4.82. The Balaban J connectivity index is 1.93. The molecule has 0 N–H and O–H groups in total. The zero-order valence-electron chi connectivity index (χ0n) is 16.7. The Bertz CT molecular complexity index is 1030. The zero-order valence-corrected chi connectivity index (χ0v) is 16.7. The van der Waals surface area contributed by atoms with Crippen LogP contribution in [0.1, 0.15) is 35.3 Å². The highest BCUT2D eigenvalue weighted by Crippen LogP contribution is 2.47. The molecule has 3 nitrogen and oxygen atoms in total. The first kappa shape index (κ1) is 18.2. The minimum Gasteiger partial charge on any atom is -0.497 e. The average molecular weight is 372 g/mol. The van der Waals surface area contributed by atoms with E-state index in [-0.39, 0.29) is 6.10 Å². The molecule has 1 aliphatic heterocycles. The van der Waals surface area contributed by atoms with Gasteiger partial charge in [-0.3, -0.25) is 0 Å². The van der Waals surface area contributed by atoms with Gasteiger partial charge in [-0.2, -0.15) is 0 Å². The van der Waals surface area contributed by atoms with Crippen LogP contribution < -0.4 is 14.2 Å². The Morgan fingerprint density at radius 1 is 0.786 bits per heavy atom. The summed E-state index contributed by atoms with van der Waals surface area (Å²) in [5.74, 6) is 2.52. The summed E-state index contributed by atoms with van der Waals surface area (Å²) in [5.41, 5.74) is 6.83. The van der Waals surface area contributed by atoms with E-state index in [2.05, 4.69) is 50.2 Å². The normalized spacial score (nSPS) is 15.6. The second-order valence-electron chi connectivity index (χ2n) is 7.04. The van der Waals surface area contributed by atoms with E-state index >= 15 is 0 Å². The van der Waals surface area contributed by atoms with Crippen LogP contribution in [0, 0.1) is 6.92 Å². The lowest BCUT2D eigenvalue weighted by atomic mass is 9.86. The third-order valence-corrected chi connectivity index (χ3v) is 5.26. The number of hydrogen-bond donors (Lipinski definition) is 0. The maximum absolute atomic E-state index is 6.51. The molecule has 0 saturated carbocycles. The van der Waals surface area contributed by atoms with Gasteiger partial charge in [0.2, 0.25) is 0 Å². The first-order valence-corrected chi connectivity index (χ1v) is 9.37. The predicted octanol–water partition coefficient (Wildman–Crippen LogP) is 6.08. The van der Waals surface area contributed by atoms with Crippen molar-refractivity contribution in [2.24, 2.45) is 0 Å². The van der Waals surface area contributed by atoms with Crippen LogP contribution in [0.3, 0.4) is 0 Å². The van der Waals surface area contributed by atoms with Gasteiger partial charge in [0.1, 0.15) is 23.4 Å². The van der Waals surface area contributed by atoms with Gasteiger partial charge in [-0.05, 0) is 60.9 Å². The van der Waals surface area contributed by atoms with Crippen molar-refractivity contribution in [3.8, 4) is 17.2 Å². The second kappa shape index (κ2) is 7.43. The fraction of sp³-hybridized carbons (Fsp3) is 0.200. The van der Waals surface area contributed by atoms with E-state index in [9.17, 15) is 0 Å². The van der Waals surface area contributed by atoms with E-state index in [1.807, 2.05) is 30.3 Å². The maximum atomic E-state index is 6.51. The number of aryl methyl sites for hydroxylation is 1. The standard InChI is InChI=1S/C25H24O3/c1-16-8-10-18(11-9-16)25-24(19-6-5-7-20(14-19)26-3)17(2)22-15-21(27-4)12-13-23(22)28-25/h5-15,25H,1-4H3. The Labute approximate surface area is 166 Å². The molecule has 1 atom stereocenters. The summed E-state index contributed by atoms with van der Waals surface area (Å²) in [7, 11) is 3.37. The van der Waals surface area contributed by atoms with Crippen LogP contribution in [0.25, 0.3) is 11.1 Å². The molecular weight excluding hydrogens is 348 g/mol. The molecule has 3 heteroatoms. The summed E-state index contributed by atoms with van der Waals surface area (Å²) in [5, 5.41) is 0. The van der Waals surface area contributed by atoms with Gasteiger partial charge in [0.05, 0.1) is 14.2 Å². The number of fused-ring (bicyclic) bond motifs is 1. The van der Waals surface area contributed by atoms with E-state index < -0.39 is 0 Å². The summed E-state index contributed by atoms with van der Waals surface area (Å²) in [6.45, 7) is 4.24. The molecule has 1 heterocycles. The van der Waals surface area contributed by atoms with Crippen LogP contribution >= 0.6 is 0 Å². The average Bonchev–Trinajstić information content (AvgIpc) is 2.74. The number of rotatable bonds is 4. The largest absolute Gasteiger partial charge is 0.497 e. The van der Waals surface area contributed by atoms with Gasteiger partial charge < -0.3 is 14.2 Å². The quantitative estimate of drug-likeness (QED) is 0.556. The SMILES string of the molecule is COc1cccc(C2=C(C)c3cc(OC)ccc3OC2c2ccc(C)cc2)c1. The molecule has 3 aromatic rings. The molecule has 1 aliphatic rings. The van der Waals surface area contributed by atoms with Crippen LogP contribution in [0.5, 0.6) is 17.2 Å². The van der Waals surface area contributed by atoms with Crippen LogP contribution in [0.2, 0.25) is 0 Å². The van der Waals surface area contributed by atoms with Gasteiger partial charge in [-0.15, -0.1) is 0 Å². The molecule has 0 aliphatic carbocycles. The first-order chi connectivity index (χ1) is 13.6. The molecule has 0 amide bonds. The summed E-state index contributed by atoms with van der Waals surface area (Å²) in [4.78, 5) is 0. The van der Waals surface area contributed by atoms with Crippen molar-refractivity contribution in [3.63, 3.8) is 0 Å². The third kappa shape index (κ3) is 3.24. The number of methoxy groups -OCH3 is 2. The molecule has 0 radical (unpaired) electrons. The number of allylic oxidation sites excluding steroid dienone is 1. The van der Waals surface area contributed by atoms with Crippen LogP contribution in [-0.4, -0.2) is 14.2 Å². The Morgan fingerprint density at radius 3 is 2.21 bits per heavy atom. The molecule has 0 aromatic heterocycles. The fourth-order valence-corrected chi connectivity index (χ4v) is 3.69. The van der Waals surface area contributed by atoms with Gasteiger partial charge in [0.15, 0.2) is 0 Å². The molecule has 3 aromatic carbocycles. The van der Waals surface area contributed by atoms with Crippen molar-refractivity contribution in [2.45, 2.75) is 20.0 Å². The number of hydrogen-bond acceptors (Lipinski definition) is 3. The van der Waals surface area contributed by atoms with E-state index in [1.165, 1.54) is 11.1 Å². The molecule has 0 bridgehead atoms. The molecule has 4 rings (SSSR count). The van der Waals surface area contributed by atoms with Gasteiger partial charge in [-0.25, -0.2) is 0 Å². The Morgan fingerprint density at radius 2 is 1.50 bits per heavy atom. The minimum absolute atomic E-state index is 0.186. The molecular formula is C25H24O3. The lowest BCUT2D eigenvalue weighted by Gasteiger charge is -2.31. The van der Waals surface area contributed by atoms with Crippen LogP contribution in [-0.2, 0) is 0 Å². The summed E-state index contributed by atoms with van der Waals surface area (Å²) in [6.07, 6.45) is -0.186. The van der Waals surface area contributed by atoms with Crippen molar-refractivity contribution < 1.29 is 14.2 Å². The molecule has 1 unspecified atom stereocenters. The summed E-state index contributed by atoms with van der Waals surface area (Å²) in [6, 6.07) is 22.6.